The van der Waals surface area contributed by atoms with Gasteiger partial charge in [0.25, 0.3) is 5.92 Å². The van der Waals surface area contributed by atoms with Crippen LogP contribution in [0.5, 0.6) is 0 Å². The fourth-order valence-corrected chi connectivity index (χ4v) is 5.38. The summed E-state index contributed by atoms with van der Waals surface area (Å²) in [7, 11) is 0. The number of carbonyl (C=O) groups is 1. The molecule has 4 bridgehead atoms. The maximum absolute atomic E-state index is 13.2. The Balaban J connectivity index is 1.43. The van der Waals surface area contributed by atoms with Crippen LogP contribution >= 0.6 is 0 Å². The molecule has 1 saturated heterocycles. The first-order valence-electron chi connectivity index (χ1n) is 7.98. The van der Waals surface area contributed by atoms with Gasteiger partial charge in [0.05, 0.1) is 18.2 Å². The number of aliphatic hydroxyl groups is 1. The minimum absolute atomic E-state index is 0.0605. The van der Waals surface area contributed by atoms with Gasteiger partial charge in [0.2, 0.25) is 5.91 Å². The van der Waals surface area contributed by atoms with Crippen molar-refractivity contribution in [2.75, 3.05) is 6.54 Å². The van der Waals surface area contributed by atoms with Crippen LogP contribution in [-0.4, -0.2) is 41.2 Å². The molecule has 4 nitrogen and oxygen atoms in total. The summed E-state index contributed by atoms with van der Waals surface area (Å²) < 4.78 is 26.4. The first-order chi connectivity index (χ1) is 9.84. The summed E-state index contributed by atoms with van der Waals surface area (Å²) in [5.41, 5.74) is -0.531. The summed E-state index contributed by atoms with van der Waals surface area (Å²) in [4.78, 5) is 12.2. The van der Waals surface area contributed by atoms with Gasteiger partial charge >= 0.3 is 0 Å². The van der Waals surface area contributed by atoms with Gasteiger partial charge in [0.15, 0.2) is 0 Å². The second kappa shape index (κ2) is 4.38. The Hall–Kier alpha value is -0.750. The number of amides is 1. The van der Waals surface area contributed by atoms with Crippen LogP contribution in [0.1, 0.15) is 38.5 Å². The predicted molar refractivity (Wildman–Crippen MR) is 71.8 cm³/mol. The highest BCUT2D eigenvalue weighted by Gasteiger charge is 2.55. The molecule has 3 atom stereocenters. The maximum Gasteiger partial charge on any atom is 0.262 e. The SMILES string of the molecule is O=C(NC1C2CC3CC1CC(O)(C3)C2)[C@@H]1CC(F)(F)CN1. The Labute approximate surface area is 122 Å². The van der Waals surface area contributed by atoms with E-state index in [4.69, 9.17) is 0 Å². The highest BCUT2D eigenvalue weighted by molar-refractivity contribution is 5.82. The molecule has 0 aromatic rings. The average Bonchev–Trinajstić information content (AvgIpc) is 2.72. The van der Waals surface area contributed by atoms with Crippen LogP contribution in [0.15, 0.2) is 0 Å². The molecule has 0 radical (unpaired) electrons. The summed E-state index contributed by atoms with van der Waals surface area (Å²) in [5, 5.41) is 16.1. The van der Waals surface area contributed by atoms with E-state index in [1.54, 1.807) is 0 Å². The zero-order valence-electron chi connectivity index (χ0n) is 11.9. The minimum atomic E-state index is -2.78. The van der Waals surface area contributed by atoms with Gasteiger partial charge in [0, 0.05) is 12.5 Å². The normalized spacial score (nSPS) is 50.3. The number of carbonyl (C=O) groups excluding carboxylic acids is 1. The van der Waals surface area contributed by atoms with Crippen molar-refractivity contribution in [1.29, 1.82) is 0 Å². The fourth-order valence-electron chi connectivity index (χ4n) is 5.38. The molecule has 5 rings (SSSR count). The predicted octanol–water partition coefficient (Wildman–Crippen LogP) is 1.04. The summed E-state index contributed by atoms with van der Waals surface area (Å²) >= 11 is 0. The summed E-state index contributed by atoms with van der Waals surface area (Å²) in [6.07, 6.45) is 4.10. The molecule has 3 N–H and O–H groups in total. The number of halogens is 2. The van der Waals surface area contributed by atoms with Gasteiger partial charge in [-0.25, -0.2) is 8.78 Å². The van der Waals surface area contributed by atoms with Gasteiger partial charge in [-0.2, -0.15) is 0 Å². The van der Waals surface area contributed by atoms with Crippen LogP contribution < -0.4 is 10.6 Å². The van der Waals surface area contributed by atoms with Crippen molar-refractivity contribution in [3.63, 3.8) is 0 Å². The molecular formula is C15H22F2N2O2. The van der Waals surface area contributed by atoms with E-state index in [-0.39, 0.29) is 11.9 Å². The van der Waals surface area contributed by atoms with Gasteiger partial charge < -0.3 is 10.4 Å². The third kappa shape index (κ3) is 2.36. The molecular weight excluding hydrogens is 278 g/mol. The Morgan fingerprint density at radius 2 is 1.81 bits per heavy atom. The van der Waals surface area contributed by atoms with Gasteiger partial charge in [-0.05, 0) is 49.9 Å². The summed E-state index contributed by atoms with van der Waals surface area (Å²) in [6, 6.07) is -0.717. The Bertz CT molecular complexity index is 455. The third-order valence-corrected chi connectivity index (χ3v) is 5.98. The van der Waals surface area contributed by atoms with Crippen molar-refractivity contribution in [3.8, 4) is 0 Å². The van der Waals surface area contributed by atoms with Crippen molar-refractivity contribution in [3.05, 3.63) is 0 Å². The monoisotopic (exact) mass is 300 g/mol. The molecule has 1 amide bonds. The lowest BCUT2D eigenvalue weighted by molar-refractivity contribution is -0.147. The van der Waals surface area contributed by atoms with E-state index in [0.29, 0.717) is 17.8 Å². The zero-order chi connectivity index (χ0) is 14.8. The first-order valence-corrected chi connectivity index (χ1v) is 7.98. The molecule has 118 valence electrons. The van der Waals surface area contributed by atoms with Crippen molar-refractivity contribution in [2.24, 2.45) is 17.8 Å². The lowest BCUT2D eigenvalue weighted by Gasteiger charge is -2.58. The Morgan fingerprint density at radius 1 is 1.14 bits per heavy atom. The highest BCUT2D eigenvalue weighted by Crippen LogP contribution is 2.55. The molecule has 0 spiro atoms. The molecule has 21 heavy (non-hydrogen) atoms. The van der Waals surface area contributed by atoms with E-state index in [1.165, 1.54) is 0 Å². The number of nitrogens with one attached hydrogen (secondary N) is 2. The van der Waals surface area contributed by atoms with Gasteiger partial charge in [-0.1, -0.05) is 0 Å². The Morgan fingerprint density at radius 3 is 2.33 bits per heavy atom. The number of hydrogen-bond acceptors (Lipinski definition) is 3. The first kappa shape index (κ1) is 13.9. The topological polar surface area (TPSA) is 61.4 Å². The van der Waals surface area contributed by atoms with E-state index in [0.717, 1.165) is 32.1 Å². The molecule has 2 unspecified atom stereocenters. The van der Waals surface area contributed by atoms with E-state index >= 15 is 0 Å². The largest absolute Gasteiger partial charge is 0.390 e. The van der Waals surface area contributed by atoms with Gasteiger partial charge in [-0.15, -0.1) is 0 Å². The lowest BCUT2D eigenvalue weighted by atomic mass is 9.52. The van der Waals surface area contributed by atoms with E-state index in [9.17, 15) is 18.7 Å². The molecule has 1 heterocycles. The minimum Gasteiger partial charge on any atom is -0.390 e. The second-order valence-corrected chi connectivity index (χ2v) is 7.72. The molecule has 1 aliphatic heterocycles. The van der Waals surface area contributed by atoms with Crippen LogP contribution in [0.25, 0.3) is 0 Å². The van der Waals surface area contributed by atoms with Crippen LogP contribution in [0.4, 0.5) is 8.78 Å². The van der Waals surface area contributed by atoms with E-state index < -0.39 is 30.5 Å². The van der Waals surface area contributed by atoms with Crippen LogP contribution in [0, 0.1) is 17.8 Å². The smallest absolute Gasteiger partial charge is 0.262 e. The standard InChI is InChI=1S/C15H22F2N2O2/c16-15(17)6-11(18-7-15)13(20)19-12-9-1-8-2-10(12)5-14(21,3-8)4-9/h8-12,18,21H,1-7H2,(H,19,20)/t8?,9?,10?,11-,12?,14?/m0/s1. The average molecular weight is 300 g/mol. The third-order valence-electron chi connectivity index (χ3n) is 5.98. The number of hydrogen-bond donors (Lipinski definition) is 3. The fraction of sp³-hybridized carbons (Fsp3) is 0.933. The Kier molecular flexibility index (Phi) is 2.90. The maximum atomic E-state index is 13.2. The molecule has 4 saturated carbocycles. The molecule has 0 aromatic heterocycles. The molecule has 5 aliphatic rings. The van der Waals surface area contributed by atoms with Crippen molar-refractivity contribution >= 4 is 5.91 Å². The van der Waals surface area contributed by atoms with E-state index in [2.05, 4.69) is 10.6 Å². The second-order valence-electron chi connectivity index (χ2n) is 7.72. The highest BCUT2D eigenvalue weighted by atomic mass is 19.3. The van der Waals surface area contributed by atoms with Crippen molar-refractivity contribution < 1.29 is 18.7 Å². The molecule has 6 heteroatoms. The molecule has 4 aliphatic carbocycles. The molecule has 0 aromatic carbocycles. The van der Waals surface area contributed by atoms with Crippen molar-refractivity contribution in [1.82, 2.24) is 10.6 Å². The summed E-state index contributed by atoms with van der Waals surface area (Å²) in [6.45, 7) is -0.412. The van der Waals surface area contributed by atoms with Gasteiger partial charge in [0.1, 0.15) is 0 Å². The summed E-state index contributed by atoms with van der Waals surface area (Å²) in [5.74, 6) is -1.87. The zero-order valence-corrected chi connectivity index (χ0v) is 11.9. The quantitative estimate of drug-likeness (QED) is 0.714. The van der Waals surface area contributed by atoms with Crippen molar-refractivity contribution in [2.45, 2.75) is 62.1 Å². The van der Waals surface area contributed by atoms with E-state index in [1.807, 2.05) is 0 Å². The van der Waals surface area contributed by atoms with Gasteiger partial charge in [-0.3, -0.25) is 10.1 Å². The lowest BCUT2D eigenvalue weighted by Crippen LogP contribution is -2.62. The number of rotatable bonds is 2. The molecule has 5 fully saturated rings. The van der Waals surface area contributed by atoms with Crippen LogP contribution in [-0.2, 0) is 4.79 Å². The van der Waals surface area contributed by atoms with Crippen LogP contribution in [0.2, 0.25) is 0 Å². The number of alkyl halides is 2. The van der Waals surface area contributed by atoms with Crippen LogP contribution in [0.3, 0.4) is 0 Å².